The monoisotopic (exact) mass is 251 g/mol. The molecule has 8 heteroatoms. The summed E-state index contributed by atoms with van der Waals surface area (Å²) in [4.78, 5) is 12.2. The lowest BCUT2D eigenvalue weighted by Crippen LogP contribution is -2.30. The molecule has 0 aliphatic heterocycles. The minimum Gasteiger partial charge on any atom is -0.440 e. The van der Waals surface area contributed by atoms with Gasteiger partial charge in [0.1, 0.15) is 0 Å². The summed E-state index contributed by atoms with van der Waals surface area (Å²) in [6.45, 7) is -1.44. The Morgan fingerprint density at radius 2 is 2.24 bits per heavy atom. The summed E-state index contributed by atoms with van der Waals surface area (Å²) < 4.78 is 41.0. The van der Waals surface area contributed by atoms with Crippen molar-refractivity contribution < 1.29 is 22.7 Å². The largest absolute Gasteiger partial charge is 0.440 e. The topological polar surface area (TPSA) is 47.4 Å². The maximum Gasteiger partial charge on any atom is 0.422 e. The lowest BCUT2D eigenvalue weighted by Gasteiger charge is -2.16. The molecule has 5 nitrogen and oxygen atoms in total. The summed E-state index contributed by atoms with van der Waals surface area (Å²) in [5, 5.41) is 3.87. The number of aromatic nitrogens is 2. The fourth-order valence-electron chi connectivity index (χ4n) is 1.15. The van der Waals surface area contributed by atoms with E-state index < -0.39 is 18.9 Å². The predicted octanol–water partition coefficient (Wildman–Crippen LogP) is 1.55. The van der Waals surface area contributed by atoms with Crippen molar-refractivity contribution in [2.24, 2.45) is 7.05 Å². The highest BCUT2D eigenvalue weighted by Gasteiger charge is 2.30. The summed E-state index contributed by atoms with van der Waals surface area (Å²) >= 11 is 0. The molecule has 0 aliphatic carbocycles. The standard InChI is InChI=1S/C9H12F3N3O2/c1-14(4-7-3-13-15(2)5-7)8(16)17-6-9(10,11)12/h3,5H,4,6H2,1-2H3. The van der Waals surface area contributed by atoms with Gasteiger partial charge in [-0.2, -0.15) is 18.3 Å². The van der Waals surface area contributed by atoms with Gasteiger partial charge in [-0.1, -0.05) is 0 Å². The Morgan fingerprint density at radius 3 is 2.71 bits per heavy atom. The second kappa shape index (κ2) is 5.07. The van der Waals surface area contributed by atoms with Crippen LogP contribution in [0.2, 0.25) is 0 Å². The van der Waals surface area contributed by atoms with Gasteiger partial charge in [0.15, 0.2) is 6.61 Å². The fraction of sp³-hybridized carbons (Fsp3) is 0.556. The van der Waals surface area contributed by atoms with Gasteiger partial charge in [0.05, 0.1) is 12.7 Å². The number of carbonyl (C=O) groups is 1. The summed E-state index contributed by atoms with van der Waals surface area (Å²) in [6, 6.07) is 0. The molecule has 1 rings (SSSR count). The molecule has 1 heterocycles. The first-order valence-electron chi connectivity index (χ1n) is 4.70. The van der Waals surface area contributed by atoms with E-state index in [1.807, 2.05) is 0 Å². The smallest absolute Gasteiger partial charge is 0.422 e. The van der Waals surface area contributed by atoms with Crippen LogP contribution in [-0.2, 0) is 18.3 Å². The van der Waals surface area contributed by atoms with Gasteiger partial charge in [-0.05, 0) is 0 Å². The zero-order chi connectivity index (χ0) is 13.1. The summed E-state index contributed by atoms with van der Waals surface area (Å²) in [5.74, 6) is 0. The first kappa shape index (κ1) is 13.3. The minimum atomic E-state index is -4.51. The molecule has 1 amide bonds. The molecule has 1 aromatic heterocycles. The summed E-state index contributed by atoms with van der Waals surface area (Å²) in [6.07, 6.45) is -2.35. The zero-order valence-corrected chi connectivity index (χ0v) is 9.36. The Morgan fingerprint density at radius 1 is 1.59 bits per heavy atom. The van der Waals surface area contributed by atoms with Crippen LogP contribution < -0.4 is 0 Å². The van der Waals surface area contributed by atoms with Crippen molar-refractivity contribution in [2.45, 2.75) is 12.7 Å². The average molecular weight is 251 g/mol. The zero-order valence-electron chi connectivity index (χ0n) is 9.36. The van der Waals surface area contributed by atoms with Crippen LogP contribution in [0.4, 0.5) is 18.0 Å². The Kier molecular flexibility index (Phi) is 3.97. The number of amides is 1. The Hall–Kier alpha value is -1.73. The van der Waals surface area contributed by atoms with Gasteiger partial charge in [-0.3, -0.25) is 4.68 Å². The van der Waals surface area contributed by atoms with Gasteiger partial charge in [0.2, 0.25) is 0 Å². The Labute approximate surface area is 95.8 Å². The van der Waals surface area contributed by atoms with Crippen LogP contribution in [0.15, 0.2) is 12.4 Å². The summed E-state index contributed by atoms with van der Waals surface area (Å²) in [7, 11) is 3.05. The van der Waals surface area contributed by atoms with E-state index in [0.29, 0.717) is 5.56 Å². The molecule has 0 N–H and O–H groups in total. The van der Waals surface area contributed by atoms with E-state index in [4.69, 9.17) is 0 Å². The molecule has 0 spiro atoms. The van der Waals surface area contributed by atoms with Crippen LogP contribution >= 0.6 is 0 Å². The van der Waals surface area contributed by atoms with Gasteiger partial charge in [-0.25, -0.2) is 4.79 Å². The van der Waals surface area contributed by atoms with Crippen molar-refractivity contribution in [3.05, 3.63) is 18.0 Å². The molecule has 1 aromatic rings. The first-order chi connectivity index (χ1) is 7.78. The number of alkyl halides is 3. The molecule has 0 unspecified atom stereocenters. The highest BCUT2D eigenvalue weighted by Crippen LogP contribution is 2.15. The fourth-order valence-corrected chi connectivity index (χ4v) is 1.15. The lowest BCUT2D eigenvalue weighted by atomic mass is 10.3. The van der Waals surface area contributed by atoms with Crippen LogP contribution in [0.5, 0.6) is 0 Å². The number of aryl methyl sites for hydroxylation is 1. The van der Waals surface area contributed by atoms with E-state index in [0.717, 1.165) is 4.90 Å². The number of hydrogen-bond donors (Lipinski definition) is 0. The van der Waals surface area contributed by atoms with Crippen molar-refractivity contribution >= 4 is 6.09 Å². The third-order valence-electron chi connectivity index (χ3n) is 1.85. The molecular weight excluding hydrogens is 239 g/mol. The maximum atomic E-state index is 11.8. The van der Waals surface area contributed by atoms with Crippen LogP contribution in [-0.4, -0.2) is 40.6 Å². The van der Waals surface area contributed by atoms with Gasteiger partial charge in [-0.15, -0.1) is 0 Å². The third kappa shape index (κ3) is 4.75. The van der Waals surface area contributed by atoms with Crippen LogP contribution in [0.3, 0.4) is 0 Å². The molecule has 0 aliphatic rings. The minimum absolute atomic E-state index is 0.143. The first-order valence-corrected chi connectivity index (χ1v) is 4.70. The lowest BCUT2D eigenvalue weighted by molar-refractivity contribution is -0.162. The van der Waals surface area contributed by atoms with Gasteiger partial charge >= 0.3 is 12.3 Å². The van der Waals surface area contributed by atoms with Crippen LogP contribution in [0.25, 0.3) is 0 Å². The summed E-state index contributed by atoms with van der Waals surface area (Å²) in [5.41, 5.74) is 0.707. The molecule has 0 bridgehead atoms. The van der Waals surface area contributed by atoms with Crippen molar-refractivity contribution in [1.29, 1.82) is 0 Å². The number of ether oxygens (including phenoxy) is 1. The third-order valence-corrected chi connectivity index (χ3v) is 1.85. The molecular formula is C9H12F3N3O2. The number of rotatable bonds is 3. The second-order valence-electron chi connectivity index (χ2n) is 3.55. The van der Waals surface area contributed by atoms with Crippen molar-refractivity contribution in [3.8, 4) is 0 Å². The number of nitrogens with zero attached hydrogens (tertiary/aromatic N) is 3. The normalized spacial score (nSPS) is 11.4. The highest BCUT2D eigenvalue weighted by atomic mass is 19.4. The van der Waals surface area contributed by atoms with Gasteiger partial charge in [0, 0.05) is 25.9 Å². The van der Waals surface area contributed by atoms with Crippen LogP contribution in [0, 0.1) is 0 Å². The SMILES string of the molecule is CN(Cc1cnn(C)c1)C(=O)OCC(F)(F)F. The predicted molar refractivity (Wildman–Crippen MR) is 52.1 cm³/mol. The quantitative estimate of drug-likeness (QED) is 0.818. The van der Waals surface area contributed by atoms with Crippen molar-refractivity contribution in [3.63, 3.8) is 0 Å². The van der Waals surface area contributed by atoms with Crippen LogP contribution in [0.1, 0.15) is 5.56 Å². The second-order valence-corrected chi connectivity index (χ2v) is 3.55. The molecule has 0 fully saturated rings. The Bertz CT molecular complexity index is 389. The average Bonchev–Trinajstić information content (AvgIpc) is 2.59. The van der Waals surface area contributed by atoms with E-state index in [2.05, 4.69) is 9.84 Å². The highest BCUT2D eigenvalue weighted by molar-refractivity contribution is 5.67. The molecule has 0 radical (unpaired) electrons. The Balaban J connectivity index is 2.42. The van der Waals surface area contributed by atoms with Gasteiger partial charge < -0.3 is 9.64 Å². The molecule has 0 aromatic carbocycles. The molecule has 0 atom stereocenters. The van der Waals surface area contributed by atoms with E-state index >= 15 is 0 Å². The molecule has 0 saturated heterocycles. The van der Waals surface area contributed by atoms with E-state index in [1.54, 1.807) is 13.2 Å². The van der Waals surface area contributed by atoms with E-state index in [1.165, 1.54) is 17.9 Å². The number of carbonyl (C=O) groups excluding carboxylic acids is 1. The number of halogens is 3. The number of hydrogen-bond acceptors (Lipinski definition) is 3. The van der Waals surface area contributed by atoms with E-state index in [-0.39, 0.29) is 6.54 Å². The molecule has 96 valence electrons. The van der Waals surface area contributed by atoms with E-state index in [9.17, 15) is 18.0 Å². The molecule has 0 saturated carbocycles. The van der Waals surface area contributed by atoms with Crippen molar-refractivity contribution in [1.82, 2.24) is 14.7 Å². The van der Waals surface area contributed by atoms with Gasteiger partial charge in [0.25, 0.3) is 0 Å². The maximum absolute atomic E-state index is 11.8. The van der Waals surface area contributed by atoms with Crippen molar-refractivity contribution in [2.75, 3.05) is 13.7 Å². The molecule has 17 heavy (non-hydrogen) atoms.